The van der Waals surface area contributed by atoms with Crippen molar-refractivity contribution in [2.24, 2.45) is 4.99 Å². The summed E-state index contributed by atoms with van der Waals surface area (Å²) in [4.78, 5) is 4.28. The molecule has 6 heteroatoms. The van der Waals surface area contributed by atoms with E-state index < -0.39 is 7.43 Å². The van der Waals surface area contributed by atoms with Crippen LogP contribution in [0.2, 0.25) is 0 Å². The van der Waals surface area contributed by atoms with E-state index in [4.69, 9.17) is 22.4 Å². The van der Waals surface area contributed by atoms with Crippen molar-refractivity contribution in [3.63, 3.8) is 0 Å². The second-order valence-corrected chi connectivity index (χ2v) is 8.03. The van der Waals surface area contributed by atoms with Crippen molar-refractivity contribution in [2.45, 2.75) is 31.4 Å². The quantitative estimate of drug-likeness (QED) is 0.551. The van der Waals surface area contributed by atoms with E-state index in [1.165, 1.54) is 0 Å². The van der Waals surface area contributed by atoms with E-state index in [-0.39, 0.29) is 34.8 Å². The first-order valence-electron chi connectivity index (χ1n) is 4.03. The molecule has 1 heterocycles. The Morgan fingerprint density at radius 1 is 1.62 bits per heavy atom. The topological polar surface area (TPSA) is 35.4 Å². The van der Waals surface area contributed by atoms with E-state index in [2.05, 4.69) is 4.99 Å². The van der Waals surface area contributed by atoms with Gasteiger partial charge in [0.25, 0.3) is 0 Å². The van der Waals surface area contributed by atoms with Crippen LogP contribution in [0.25, 0.3) is 0 Å². The maximum atomic E-state index is 11.5. The van der Waals surface area contributed by atoms with E-state index in [1.54, 1.807) is 0 Å². The van der Waals surface area contributed by atoms with Gasteiger partial charge in [0.2, 0.25) is 0 Å². The molecule has 0 fully saturated rings. The molecule has 70 valence electrons. The molecule has 2 nitrogen and oxygen atoms in total. The molecule has 0 spiro atoms. The van der Waals surface area contributed by atoms with Gasteiger partial charge in [0.15, 0.2) is 0 Å². The maximum Gasteiger partial charge on any atom is 1.00 e. The summed E-state index contributed by atoms with van der Waals surface area (Å²) in [5.74, 6) is 0. The predicted molar refractivity (Wildman–Crippen MR) is 58.5 cm³/mol. The number of aliphatic imine (C=N–C) groups is 1. The number of rotatable bonds is 3. The molecular weight excluding hydrogens is 233 g/mol. The zero-order chi connectivity index (χ0) is 9.19. The molecule has 0 aromatic carbocycles. The van der Waals surface area contributed by atoms with Gasteiger partial charge in [-0.3, -0.25) is 4.99 Å². The van der Waals surface area contributed by atoms with Gasteiger partial charge in [-0.25, -0.2) is 0 Å². The molecule has 1 atom stereocenters. The summed E-state index contributed by atoms with van der Waals surface area (Å²) >= 11 is 9.61. The molecule has 1 unspecified atom stereocenters. The third-order valence-electron chi connectivity index (χ3n) is 2.00. The fourth-order valence-electron chi connectivity index (χ4n) is 1.43. The van der Waals surface area contributed by atoms with E-state index in [0.717, 1.165) is 31.5 Å². The fourth-order valence-corrected chi connectivity index (χ4v) is 3.85. The molecule has 0 aromatic rings. The summed E-state index contributed by atoms with van der Waals surface area (Å²) in [6.07, 6.45) is 2.75. The minimum atomic E-state index is -2.51. The summed E-state index contributed by atoms with van der Waals surface area (Å²) in [5.41, 5.74) is 0.993. The first kappa shape index (κ1) is 14.4. The van der Waals surface area contributed by atoms with Crippen LogP contribution in [0.5, 0.6) is 0 Å². The summed E-state index contributed by atoms with van der Waals surface area (Å²) in [7, 11) is -2.51. The second kappa shape index (κ2) is 6.10. The summed E-state index contributed by atoms with van der Waals surface area (Å²) < 4.78 is 11.5. The van der Waals surface area contributed by atoms with Gasteiger partial charge >= 0.3 is 29.6 Å². The smallest absolute Gasteiger partial charge is 0.790 e. The van der Waals surface area contributed by atoms with Crippen molar-refractivity contribution < 1.29 is 34.1 Å². The van der Waals surface area contributed by atoms with Crippen molar-refractivity contribution in [1.82, 2.24) is 0 Å². The average Bonchev–Trinajstić information content (AvgIpc) is 2.38. The molecule has 1 aliphatic rings. The van der Waals surface area contributed by atoms with E-state index >= 15 is 0 Å². The first-order valence-corrected chi connectivity index (χ1v) is 7.50. The maximum absolute atomic E-state index is 11.5. The molecule has 0 aliphatic carbocycles. The van der Waals surface area contributed by atoms with Gasteiger partial charge in [-0.1, -0.05) is 29.3 Å². The minimum Gasteiger partial charge on any atom is -0.790 e. The first-order chi connectivity index (χ1) is 5.55. The Hall–Kier alpha value is 1.42. The van der Waals surface area contributed by atoms with Crippen LogP contribution >= 0.6 is 0 Å². The molecule has 0 saturated heterocycles. The van der Waals surface area contributed by atoms with E-state index in [0.29, 0.717) is 0 Å². The summed E-state index contributed by atoms with van der Waals surface area (Å²) in [5, 5.41) is -0.134. The van der Waals surface area contributed by atoms with Crippen LogP contribution in [0.4, 0.5) is 0 Å². The van der Waals surface area contributed by atoms with E-state index in [9.17, 15) is 4.55 Å². The molecule has 0 aromatic heterocycles. The van der Waals surface area contributed by atoms with Crippen LogP contribution < -0.4 is 29.6 Å². The van der Waals surface area contributed by atoms with Crippen LogP contribution in [-0.4, -0.2) is 22.1 Å². The molecule has 1 aliphatic heterocycles. The van der Waals surface area contributed by atoms with Gasteiger partial charge in [0.05, 0.1) is 0 Å². The third kappa shape index (κ3) is 4.20. The number of nitrogens with zero attached hydrogens (tertiary/aromatic N) is 1. The van der Waals surface area contributed by atoms with Crippen molar-refractivity contribution >= 4 is 35.5 Å². The Balaban J connectivity index is 0.00000144. The van der Waals surface area contributed by atoms with Crippen LogP contribution in [0.15, 0.2) is 4.99 Å². The van der Waals surface area contributed by atoms with Crippen LogP contribution in [0.3, 0.4) is 0 Å². The molecule has 0 amide bonds. The van der Waals surface area contributed by atoms with Crippen molar-refractivity contribution in [1.29, 1.82) is 0 Å². The predicted octanol–water partition coefficient (Wildman–Crippen LogP) is -1.79. The van der Waals surface area contributed by atoms with Crippen LogP contribution in [0.1, 0.15) is 26.2 Å². The summed E-state index contributed by atoms with van der Waals surface area (Å²) in [6.45, 7) is 2.82. The normalized spacial score (nSPS) is 19.1. The van der Waals surface area contributed by atoms with Crippen LogP contribution in [-0.2, 0) is 29.8 Å². The Morgan fingerprint density at radius 3 is 2.54 bits per heavy atom. The zero-order valence-electron chi connectivity index (χ0n) is 7.99. The van der Waals surface area contributed by atoms with Gasteiger partial charge in [0.1, 0.15) is 0 Å². The van der Waals surface area contributed by atoms with Crippen molar-refractivity contribution in [3.05, 3.63) is 0 Å². The Labute approximate surface area is 112 Å². The van der Waals surface area contributed by atoms with Crippen molar-refractivity contribution in [2.75, 3.05) is 6.54 Å². The third-order valence-corrected chi connectivity index (χ3v) is 4.69. The largest absolute Gasteiger partial charge is 1.00 e. The van der Waals surface area contributed by atoms with Gasteiger partial charge in [-0.15, -0.1) is 0 Å². The van der Waals surface area contributed by atoms with Gasteiger partial charge in [-0.2, -0.15) is 7.43 Å². The zero-order valence-corrected chi connectivity index (χ0v) is 12.4. The second-order valence-electron chi connectivity index (χ2n) is 2.87. The SMILES string of the molecule is CCC(C1=NCCC1)S([O-])(=S)=S.[Na+]. The van der Waals surface area contributed by atoms with Crippen molar-refractivity contribution in [3.8, 4) is 0 Å². The minimum absolute atomic E-state index is 0. The number of hydrogen-bond acceptors (Lipinski definition) is 4. The Kier molecular flexibility index (Phi) is 6.77. The molecule has 0 radical (unpaired) electrons. The summed E-state index contributed by atoms with van der Waals surface area (Å²) in [6, 6.07) is 0. The Bertz CT molecular complexity index is 286. The fraction of sp³-hybridized carbons (Fsp3) is 0.857. The van der Waals surface area contributed by atoms with Gasteiger partial charge in [-0.05, 0) is 19.3 Å². The molecule has 0 N–H and O–H groups in total. The molecular formula is C7H12NNaOS3. The monoisotopic (exact) mass is 245 g/mol. The molecule has 0 bridgehead atoms. The molecule has 1 rings (SSSR count). The standard InChI is InChI=1S/C7H13NOS3.Na/c1-2-7(12(9,10)11)6-4-3-5-8-6;/h7H,2-5H2,1H3,(H,9,10,11);/q;+1/p-1. The van der Waals surface area contributed by atoms with Gasteiger partial charge in [0, 0.05) is 17.5 Å². The molecule has 0 saturated carbocycles. The Morgan fingerprint density at radius 2 is 2.23 bits per heavy atom. The van der Waals surface area contributed by atoms with Crippen LogP contribution in [0, 0.1) is 0 Å². The average molecular weight is 245 g/mol. The number of hydrogen-bond donors (Lipinski definition) is 0. The van der Waals surface area contributed by atoms with E-state index in [1.807, 2.05) is 6.92 Å². The van der Waals surface area contributed by atoms with Gasteiger partial charge < -0.3 is 4.55 Å². The molecule has 13 heavy (non-hydrogen) atoms.